The standard InChI is InChI=1S/C9H8BrN3O2/c10-7-1-6(2-11-3-7)4-13-5-8(14)12-9(13)15/h1-3H,4-5H2,(H,12,14,15). The third-order valence-electron chi connectivity index (χ3n) is 2.00. The zero-order chi connectivity index (χ0) is 10.8. The van der Waals surface area contributed by atoms with Crippen molar-refractivity contribution >= 4 is 27.9 Å². The van der Waals surface area contributed by atoms with Gasteiger partial charge in [-0.05, 0) is 27.6 Å². The molecular formula is C9H8BrN3O2. The Kier molecular flexibility index (Phi) is 2.68. The van der Waals surface area contributed by atoms with Gasteiger partial charge in [0, 0.05) is 23.4 Å². The van der Waals surface area contributed by atoms with Crippen molar-refractivity contribution < 1.29 is 9.59 Å². The van der Waals surface area contributed by atoms with Crippen molar-refractivity contribution in [2.24, 2.45) is 0 Å². The summed E-state index contributed by atoms with van der Waals surface area (Å²) in [5.41, 5.74) is 0.884. The van der Waals surface area contributed by atoms with Gasteiger partial charge in [-0.25, -0.2) is 4.79 Å². The number of pyridine rings is 1. The number of urea groups is 1. The van der Waals surface area contributed by atoms with E-state index in [0.717, 1.165) is 10.0 Å². The Labute approximate surface area is 94.6 Å². The normalized spacial score (nSPS) is 15.7. The second-order valence-corrected chi connectivity index (χ2v) is 4.14. The van der Waals surface area contributed by atoms with E-state index >= 15 is 0 Å². The topological polar surface area (TPSA) is 62.3 Å². The lowest BCUT2D eigenvalue weighted by atomic mass is 10.3. The van der Waals surface area contributed by atoms with Crippen molar-refractivity contribution in [3.05, 3.63) is 28.5 Å². The number of carbonyl (C=O) groups is 2. The molecule has 0 atom stereocenters. The Morgan fingerprint density at radius 1 is 1.47 bits per heavy atom. The lowest BCUT2D eigenvalue weighted by Gasteiger charge is -2.12. The minimum absolute atomic E-state index is 0.116. The van der Waals surface area contributed by atoms with Crippen LogP contribution in [0.25, 0.3) is 0 Å². The predicted molar refractivity (Wildman–Crippen MR) is 55.9 cm³/mol. The SMILES string of the molecule is O=C1CN(Cc2cncc(Br)c2)C(=O)N1. The van der Waals surface area contributed by atoms with Gasteiger partial charge >= 0.3 is 6.03 Å². The lowest BCUT2D eigenvalue weighted by molar-refractivity contribution is -0.118. The van der Waals surface area contributed by atoms with E-state index in [1.165, 1.54) is 4.90 Å². The van der Waals surface area contributed by atoms with Crippen LogP contribution in [-0.4, -0.2) is 28.4 Å². The molecule has 6 heteroatoms. The third kappa shape index (κ3) is 2.33. The molecule has 1 aromatic rings. The van der Waals surface area contributed by atoms with Crippen LogP contribution in [0.3, 0.4) is 0 Å². The van der Waals surface area contributed by atoms with Crippen LogP contribution in [-0.2, 0) is 11.3 Å². The fourth-order valence-electron chi connectivity index (χ4n) is 1.37. The van der Waals surface area contributed by atoms with Gasteiger partial charge in [-0.15, -0.1) is 0 Å². The van der Waals surface area contributed by atoms with Crippen molar-refractivity contribution in [1.82, 2.24) is 15.2 Å². The van der Waals surface area contributed by atoms with Gasteiger partial charge < -0.3 is 4.90 Å². The van der Waals surface area contributed by atoms with E-state index in [9.17, 15) is 9.59 Å². The van der Waals surface area contributed by atoms with Crippen LogP contribution in [0.5, 0.6) is 0 Å². The highest BCUT2D eigenvalue weighted by atomic mass is 79.9. The Balaban J connectivity index is 2.09. The number of nitrogens with zero attached hydrogens (tertiary/aromatic N) is 2. The highest BCUT2D eigenvalue weighted by Crippen LogP contribution is 2.12. The minimum Gasteiger partial charge on any atom is -0.311 e. The van der Waals surface area contributed by atoms with Crippen molar-refractivity contribution in [3.63, 3.8) is 0 Å². The van der Waals surface area contributed by atoms with Gasteiger partial charge in [0.05, 0.1) is 0 Å². The van der Waals surface area contributed by atoms with Crippen LogP contribution in [0.15, 0.2) is 22.9 Å². The summed E-state index contributed by atoms with van der Waals surface area (Å²) in [6.45, 7) is 0.509. The first-order valence-corrected chi connectivity index (χ1v) is 5.12. The first kappa shape index (κ1) is 10.1. The number of imide groups is 1. The molecule has 0 aliphatic carbocycles. The smallest absolute Gasteiger partial charge is 0.311 e. The van der Waals surface area contributed by atoms with Gasteiger partial charge in [-0.2, -0.15) is 0 Å². The van der Waals surface area contributed by atoms with E-state index in [1.54, 1.807) is 12.4 Å². The summed E-state index contributed by atoms with van der Waals surface area (Å²) in [4.78, 5) is 27.6. The van der Waals surface area contributed by atoms with Gasteiger partial charge in [0.1, 0.15) is 6.54 Å². The summed E-state index contributed by atoms with van der Waals surface area (Å²) in [6.07, 6.45) is 3.33. The summed E-state index contributed by atoms with van der Waals surface area (Å²) < 4.78 is 0.853. The van der Waals surface area contributed by atoms with Crippen molar-refractivity contribution in [2.45, 2.75) is 6.54 Å². The molecule has 0 radical (unpaired) electrons. The highest BCUT2D eigenvalue weighted by molar-refractivity contribution is 9.10. The monoisotopic (exact) mass is 269 g/mol. The number of aromatic nitrogens is 1. The average Bonchev–Trinajstić information content (AvgIpc) is 2.45. The molecule has 2 heterocycles. The maximum absolute atomic E-state index is 11.2. The molecule has 78 valence electrons. The van der Waals surface area contributed by atoms with E-state index in [-0.39, 0.29) is 18.5 Å². The summed E-state index contributed by atoms with van der Waals surface area (Å²) in [7, 11) is 0. The molecular weight excluding hydrogens is 262 g/mol. The number of hydrogen-bond acceptors (Lipinski definition) is 3. The molecule has 1 fully saturated rings. The molecule has 1 aromatic heterocycles. The summed E-state index contributed by atoms with van der Waals surface area (Å²) in [6, 6.07) is 1.52. The first-order valence-electron chi connectivity index (χ1n) is 4.33. The third-order valence-corrected chi connectivity index (χ3v) is 2.44. The quantitative estimate of drug-likeness (QED) is 0.812. The largest absolute Gasteiger partial charge is 0.324 e. The van der Waals surface area contributed by atoms with Gasteiger partial charge in [0.2, 0.25) is 5.91 Å². The number of halogens is 1. The lowest BCUT2D eigenvalue weighted by Crippen LogP contribution is -2.27. The Morgan fingerprint density at radius 3 is 2.87 bits per heavy atom. The van der Waals surface area contributed by atoms with E-state index in [1.807, 2.05) is 6.07 Å². The van der Waals surface area contributed by atoms with Crippen LogP contribution in [0.4, 0.5) is 4.79 Å². The van der Waals surface area contributed by atoms with Crippen LogP contribution < -0.4 is 5.32 Å². The summed E-state index contributed by atoms with van der Waals surface area (Å²) in [5, 5.41) is 2.22. The van der Waals surface area contributed by atoms with E-state index < -0.39 is 0 Å². The summed E-state index contributed by atoms with van der Waals surface area (Å²) in [5.74, 6) is -0.261. The minimum atomic E-state index is -0.347. The van der Waals surface area contributed by atoms with Crippen LogP contribution in [0.1, 0.15) is 5.56 Å². The molecule has 2 rings (SSSR count). The van der Waals surface area contributed by atoms with Crippen molar-refractivity contribution in [1.29, 1.82) is 0 Å². The van der Waals surface area contributed by atoms with Gasteiger partial charge in [-0.3, -0.25) is 15.1 Å². The number of amides is 3. The van der Waals surface area contributed by atoms with Crippen molar-refractivity contribution in [2.75, 3.05) is 6.54 Å². The first-order chi connectivity index (χ1) is 7.15. The fraction of sp³-hybridized carbons (Fsp3) is 0.222. The second kappa shape index (κ2) is 3.98. The zero-order valence-electron chi connectivity index (χ0n) is 7.74. The van der Waals surface area contributed by atoms with Crippen LogP contribution in [0, 0.1) is 0 Å². The maximum Gasteiger partial charge on any atom is 0.324 e. The summed E-state index contributed by atoms with van der Waals surface area (Å²) >= 11 is 3.29. The molecule has 0 spiro atoms. The highest BCUT2D eigenvalue weighted by Gasteiger charge is 2.26. The Bertz CT molecular complexity index is 422. The number of hydrogen-bond donors (Lipinski definition) is 1. The molecule has 0 aromatic carbocycles. The molecule has 15 heavy (non-hydrogen) atoms. The Hall–Kier alpha value is -1.43. The maximum atomic E-state index is 11.2. The number of rotatable bonds is 2. The van der Waals surface area contributed by atoms with Gasteiger partial charge in [0.15, 0.2) is 0 Å². The molecule has 1 N–H and O–H groups in total. The molecule has 1 aliphatic rings. The van der Waals surface area contributed by atoms with Gasteiger partial charge in [0.25, 0.3) is 0 Å². The van der Waals surface area contributed by atoms with E-state index in [2.05, 4.69) is 26.2 Å². The van der Waals surface area contributed by atoms with Crippen LogP contribution >= 0.6 is 15.9 Å². The van der Waals surface area contributed by atoms with Crippen LogP contribution in [0.2, 0.25) is 0 Å². The number of carbonyl (C=O) groups excluding carboxylic acids is 2. The molecule has 5 nitrogen and oxygen atoms in total. The van der Waals surface area contributed by atoms with E-state index in [4.69, 9.17) is 0 Å². The number of nitrogens with one attached hydrogen (secondary N) is 1. The molecule has 0 saturated carbocycles. The molecule has 0 unspecified atom stereocenters. The average molecular weight is 270 g/mol. The molecule has 1 saturated heterocycles. The zero-order valence-corrected chi connectivity index (χ0v) is 9.32. The van der Waals surface area contributed by atoms with Gasteiger partial charge in [-0.1, -0.05) is 0 Å². The van der Waals surface area contributed by atoms with Crippen molar-refractivity contribution in [3.8, 4) is 0 Å². The molecule has 3 amide bonds. The Morgan fingerprint density at radius 2 is 2.27 bits per heavy atom. The molecule has 0 bridgehead atoms. The molecule has 1 aliphatic heterocycles. The van der Waals surface area contributed by atoms with E-state index in [0.29, 0.717) is 6.54 Å². The fourth-order valence-corrected chi connectivity index (χ4v) is 1.79. The second-order valence-electron chi connectivity index (χ2n) is 3.22. The predicted octanol–water partition coefficient (Wildman–Crippen LogP) is 0.896.